The van der Waals surface area contributed by atoms with E-state index >= 15 is 0 Å². The van der Waals surface area contributed by atoms with E-state index in [1.54, 1.807) is 11.8 Å². The number of aryl methyl sites for hydroxylation is 2. The highest BCUT2D eigenvalue weighted by Gasteiger charge is 2.21. The second-order valence-electron chi connectivity index (χ2n) is 7.31. The van der Waals surface area contributed by atoms with Crippen LogP contribution in [0.25, 0.3) is 16.7 Å². The number of benzene rings is 2. The number of amides is 1. The standard InChI is InChI=1S/C24H24N4O2/c1-15-13-21(24(29)26-16(2)18-9-8-12-20(14-18)30-4)22-17(3)27-28(23(22)25-15)19-10-6-5-7-11-19/h5-14,16H,1-4H3,(H,26,29)/t16-/m0/s1. The van der Waals surface area contributed by atoms with Crippen LogP contribution in [0, 0.1) is 13.8 Å². The predicted molar refractivity (Wildman–Crippen MR) is 117 cm³/mol. The number of para-hydroxylation sites is 1. The van der Waals surface area contributed by atoms with Gasteiger partial charge in [0.2, 0.25) is 0 Å². The van der Waals surface area contributed by atoms with Crippen molar-refractivity contribution < 1.29 is 9.53 Å². The predicted octanol–water partition coefficient (Wildman–Crippen LogP) is 4.54. The van der Waals surface area contributed by atoms with Gasteiger partial charge in [0.15, 0.2) is 5.65 Å². The molecule has 0 radical (unpaired) electrons. The summed E-state index contributed by atoms with van der Waals surface area (Å²) in [5, 5.41) is 8.53. The summed E-state index contributed by atoms with van der Waals surface area (Å²) in [5.41, 5.74) is 4.66. The molecule has 2 aromatic carbocycles. The Kier molecular flexibility index (Phi) is 5.23. The Bertz CT molecular complexity index is 1210. The van der Waals surface area contributed by atoms with Crippen molar-refractivity contribution in [3.05, 3.63) is 83.2 Å². The van der Waals surface area contributed by atoms with Gasteiger partial charge in [-0.2, -0.15) is 5.10 Å². The van der Waals surface area contributed by atoms with Gasteiger partial charge in [-0.25, -0.2) is 9.67 Å². The minimum atomic E-state index is -0.180. The molecule has 4 aromatic rings. The topological polar surface area (TPSA) is 69.0 Å². The second-order valence-corrected chi connectivity index (χ2v) is 7.31. The molecule has 0 aliphatic heterocycles. The quantitative estimate of drug-likeness (QED) is 0.534. The molecule has 152 valence electrons. The molecule has 0 bridgehead atoms. The molecular formula is C24H24N4O2. The second kappa shape index (κ2) is 7.99. The molecule has 0 saturated heterocycles. The van der Waals surface area contributed by atoms with Crippen LogP contribution in [0.3, 0.4) is 0 Å². The van der Waals surface area contributed by atoms with Crippen molar-refractivity contribution in [1.82, 2.24) is 20.1 Å². The molecular weight excluding hydrogens is 376 g/mol. The maximum atomic E-state index is 13.2. The van der Waals surface area contributed by atoms with Crippen LogP contribution in [-0.2, 0) is 0 Å². The number of aromatic nitrogens is 3. The first kappa shape index (κ1) is 19.6. The molecule has 6 nitrogen and oxygen atoms in total. The zero-order chi connectivity index (χ0) is 21.3. The lowest BCUT2D eigenvalue weighted by Crippen LogP contribution is -2.27. The van der Waals surface area contributed by atoms with Crippen LogP contribution in [0.1, 0.15) is 40.3 Å². The van der Waals surface area contributed by atoms with Crippen molar-refractivity contribution in [3.63, 3.8) is 0 Å². The van der Waals surface area contributed by atoms with Gasteiger partial charge in [0.05, 0.1) is 35.5 Å². The Morgan fingerprint density at radius 1 is 1.07 bits per heavy atom. The highest BCUT2D eigenvalue weighted by atomic mass is 16.5. The van der Waals surface area contributed by atoms with Gasteiger partial charge in [0, 0.05) is 5.69 Å². The van der Waals surface area contributed by atoms with E-state index in [4.69, 9.17) is 4.74 Å². The van der Waals surface area contributed by atoms with Crippen LogP contribution in [0.2, 0.25) is 0 Å². The molecule has 1 amide bonds. The Balaban J connectivity index is 1.73. The van der Waals surface area contributed by atoms with Crippen molar-refractivity contribution >= 4 is 16.9 Å². The maximum Gasteiger partial charge on any atom is 0.252 e. The molecule has 0 unspecified atom stereocenters. The van der Waals surface area contributed by atoms with Gasteiger partial charge in [0.25, 0.3) is 5.91 Å². The number of nitrogens with zero attached hydrogens (tertiary/aromatic N) is 3. The largest absolute Gasteiger partial charge is 0.497 e. The minimum absolute atomic E-state index is 0.156. The number of carbonyl (C=O) groups excluding carboxylic acids is 1. The van der Waals surface area contributed by atoms with E-state index in [9.17, 15) is 4.79 Å². The molecule has 0 aliphatic carbocycles. The Labute approximate surface area is 175 Å². The van der Waals surface area contributed by atoms with Gasteiger partial charge in [-0.15, -0.1) is 0 Å². The van der Waals surface area contributed by atoms with Gasteiger partial charge >= 0.3 is 0 Å². The van der Waals surface area contributed by atoms with Crippen molar-refractivity contribution in [2.45, 2.75) is 26.8 Å². The van der Waals surface area contributed by atoms with Gasteiger partial charge in [-0.1, -0.05) is 30.3 Å². The smallest absolute Gasteiger partial charge is 0.252 e. The van der Waals surface area contributed by atoms with Crippen LogP contribution in [0.5, 0.6) is 5.75 Å². The average molecular weight is 400 g/mol. The summed E-state index contributed by atoms with van der Waals surface area (Å²) in [6.07, 6.45) is 0. The van der Waals surface area contributed by atoms with Crippen LogP contribution in [0.15, 0.2) is 60.7 Å². The molecule has 2 aromatic heterocycles. The first-order chi connectivity index (χ1) is 14.5. The highest BCUT2D eigenvalue weighted by Crippen LogP contribution is 2.26. The molecule has 30 heavy (non-hydrogen) atoms. The van der Waals surface area contributed by atoms with E-state index in [2.05, 4.69) is 15.4 Å². The third kappa shape index (κ3) is 3.64. The van der Waals surface area contributed by atoms with Crippen LogP contribution in [-0.4, -0.2) is 27.8 Å². The maximum absolute atomic E-state index is 13.2. The van der Waals surface area contributed by atoms with Crippen LogP contribution < -0.4 is 10.1 Å². The summed E-state index contributed by atoms with van der Waals surface area (Å²) in [6, 6.07) is 19.2. The Morgan fingerprint density at radius 3 is 2.57 bits per heavy atom. The van der Waals surface area contributed by atoms with Gasteiger partial charge in [0.1, 0.15) is 5.75 Å². The van der Waals surface area contributed by atoms with Crippen molar-refractivity contribution in [3.8, 4) is 11.4 Å². The van der Waals surface area contributed by atoms with E-state index in [0.717, 1.165) is 33.8 Å². The molecule has 6 heteroatoms. The van der Waals surface area contributed by atoms with E-state index < -0.39 is 0 Å². The molecule has 4 rings (SSSR count). The third-order valence-electron chi connectivity index (χ3n) is 5.13. The summed E-state index contributed by atoms with van der Waals surface area (Å²) in [7, 11) is 1.63. The average Bonchev–Trinajstić information content (AvgIpc) is 3.09. The van der Waals surface area contributed by atoms with Crippen molar-refractivity contribution in [1.29, 1.82) is 0 Å². The minimum Gasteiger partial charge on any atom is -0.497 e. The lowest BCUT2D eigenvalue weighted by Gasteiger charge is -2.16. The number of nitrogens with one attached hydrogen (secondary N) is 1. The third-order valence-corrected chi connectivity index (χ3v) is 5.13. The number of pyridine rings is 1. The normalized spacial score (nSPS) is 12.0. The number of methoxy groups -OCH3 is 1. The zero-order valence-corrected chi connectivity index (χ0v) is 17.5. The Morgan fingerprint density at radius 2 is 1.83 bits per heavy atom. The lowest BCUT2D eigenvalue weighted by atomic mass is 10.1. The fraction of sp³-hybridized carbons (Fsp3) is 0.208. The molecule has 2 heterocycles. The fourth-order valence-corrected chi connectivity index (χ4v) is 3.61. The van der Waals surface area contributed by atoms with E-state index in [1.165, 1.54) is 0 Å². The molecule has 0 saturated carbocycles. The van der Waals surface area contributed by atoms with Crippen molar-refractivity contribution in [2.24, 2.45) is 0 Å². The number of rotatable bonds is 5. The first-order valence-corrected chi connectivity index (χ1v) is 9.85. The number of hydrogen-bond donors (Lipinski definition) is 1. The fourth-order valence-electron chi connectivity index (χ4n) is 3.61. The molecule has 0 fully saturated rings. The number of fused-ring (bicyclic) bond motifs is 1. The number of hydrogen-bond acceptors (Lipinski definition) is 4. The van der Waals surface area contributed by atoms with Crippen LogP contribution in [0.4, 0.5) is 0 Å². The molecule has 0 spiro atoms. The SMILES string of the molecule is COc1cccc([C@H](C)NC(=O)c2cc(C)nc3c2c(C)nn3-c2ccccc2)c1. The number of carbonyl (C=O) groups is 1. The summed E-state index contributed by atoms with van der Waals surface area (Å²) in [6.45, 7) is 5.75. The van der Waals surface area contributed by atoms with Crippen LogP contribution >= 0.6 is 0 Å². The van der Waals surface area contributed by atoms with E-state index in [1.807, 2.05) is 81.4 Å². The van der Waals surface area contributed by atoms with Gasteiger partial charge in [-0.3, -0.25) is 4.79 Å². The zero-order valence-electron chi connectivity index (χ0n) is 17.5. The highest BCUT2D eigenvalue weighted by molar-refractivity contribution is 6.07. The monoisotopic (exact) mass is 400 g/mol. The summed E-state index contributed by atoms with van der Waals surface area (Å²) in [4.78, 5) is 17.9. The summed E-state index contributed by atoms with van der Waals surface area (Å²) in [5.74, 6) is 0.604. The molecule has 0 aliphatic rings. The summed E-state index contributed by atoms with van der Waals surface area (Å²) < 4.78 is 7.09. The molecule has 1 atom stereocenters. The lowest BCUT2D eigenvalue weighted by molar-refractivity contribution is 0.0941. The first-order valence-electron chi connectivity index (χ1n) is 9.85. The van der Waals surface area contributed by atoms with Gasteiger partial charge in [-0.05, 0) is 56.7 Å². The van der Waals surface area contributed by atoms with E-state index in [0.29, 0.717) is 11.2 Å². The summed E-state index contributed by atoms with van der Waals surface area (Å²) >= 11 is 0. The van der Waals surface area contributed by atoms with E-state index in [-0.39, 0.29) is 11.9 Å². The molecule has 1 N–H and O–H groups in total. The number of ether oxygens (including phenoxy) is 1. The van der Waals surface area contributed by atoms with Gasteiger partial charge < -0.3 is 10.1 Å². The Hall–Kier alpha value is -3.67. The van der Waals surface area contributed by atoms with Crippen molar-refractivity contribution in [2.75, 3.05) is 7.11 Å².